The lowest BCUT2D eigenvalue weighted by atomic mass is 10.2. The fourth-order valence-electron chi connectivity index (χ4n) is 3.02. The van der Waals surface area contributed by atoms with Crippen molar-refractivity contribution in [2.24, 2.45) is 0 Å². The minimum Gasteiger partial charge on any atom is -0.379 e. The van der Waals surface area contributed by atoms with Crippen LogP contribution in [-0.2, 0) is 11.2 Å². The van der Waals surface area contributed by atoms with E-state index in [-0.39, 0.29) is 0 Å². The Morgan fingerprint density at radius 2 is 1.92 bits per heavy atom. The maximum absolute atomic E-state index is 5.40. The van der Waals surface area contributed by atoms with Crippen LogP contribution in [0.1, 0.15) is 12.1 Å². The van der Waals surface area contributed by atoms with Gasteiger partial charge in [0.05, 0.1) is 24.6 Å². The molecule has 0 atom stereocenters. The average Bonchev–Trinajstić information content (AvgIpc) is 3.01. The number of anilines is 2. The van der Waals surface area contributed by atoms with Gasteiger partial charge >= 0.3 is 0 Å². The molecule has 0 radical (unpaired) electrons. The molecule has 3 aromatic heterocycles. The largest absolute Gasteiger partial charge is 0.379 e. The van der Waals surface area contributed by atoms with E-state index in [0.717, 1.165) is 62.6 Å². The van der Waals surface area contributed by atoms with Crippen molar-refractivity contribution in [2.45, 2.75) is 12.8 Å². The fraction of sp³-hybridized carbons (Fsp3) is 0.412. The molecule has 0 aliphatic carbocycles. The van der Waals surface area contributed by atoms with Gasteiger partial charge in [-0.3, -0.25) is 4.90 Å². The first kappa shape index (κ1) is 15.9. The lowest BCUT2D eigenvalue weighted by Gasteiger charge is -2.26. The monoisotopic (exact) mass is 339 g/mol. The van der Waals surface area contributed by atoms with E-state index in [4.69, 9.17) is 4.74 Å². The number of ether oxygens (including phenoxy) is 1. The summed E-state index contributed by atoms with van der Waals surface area (Å²) in [6.45, 7) is 4.73. The van der Waals surface area contributed by atoms with Crippen molar-refractivity contribution < 1.29 is 4.74 Å². The van der Waals surface area contributed by atoms with Gasteiger partial charge < -0.3 is 10.1 Å². The normalized spacial score (nSPS) is 15.5. The van der Waals surface area contributed by atoms with Crippen LogP contribution >= 0.6 is 0 Å². The first-order valence-corrected chi connectivity index (χ1v) is 8.57. The number of hydrogen-bond acceptors (Lipinski definition) is 7. The van der Waals surface area contributed by atoms with Crippen LogP contribution in [0.2, 0.25) is 0 Å². The van der Waals surface area contributed by atoms with Gasteiger partial charge in [0.25, 0.3) is 0 Å². The molecule has 130 valence electrons. The van der Waals surface area contributed by atoms with Gasteiger partial charge in [0, 0.05) is 31.7 Å². The van der Waals surface area contributed by atoms with E-state index in [9.17, 15) is 0 Å². The topological polar surface area (TPSA) is 80.5 Å². The van der Waals surface area contributed by atoms with Crippen LogP contribution in [0.25, 0.3) is 5.52 Å². The number of hydrogen-bond donors (Lipinski definition) is 1. The molecule has 4 heterocycles. The molecule has 1 aliphatic rings. The molecule has 1 aliphatic heterocycles. The van der Waals surface area contributed by atoms with E-state index in [1.165, 1.54) is 0 Å². The molecular weight excluding hydrogens is 318 g/mol. The molecule has 0 spiro atoms. The Morgan fingerprint density at radius 1 is 1.08 bits per heavy atom. The lowest BCUT2D eigenvalue weighted by molar-refractivity contribution is 0.0374. The van der Waals surface area contributed by atoms with Crippen LogP contribution in [0.3, 0.4) is 0 Å². The number of nitrogens with one attached hydrogen (secondary N) is 1. The van der Waals surface area contributed by atoms with Crippen LogP contribution in [0.4, 0.5) is 11.6 Å². The van der Waals surface area contributed by atoms with E-state index < -0.39 is 0 Å². The second-order valence-electron chi connectivity index (χ2n) is 5.97. The van der Waals surface area contributed by atoms with Crippen LogP contribution in [-0.4, -0.2) is 62.5 Å². The molecule has 0 unspecified atom stereocenters. The molecule has 25 heavy (non-hydrogen) atoms. The Hall–Kier alpha value is -2.58. The van der Waals surface area contributed by atoms with Gasteiger partial charge in [-0.1, -0.05) is 0 Å². The maximum atomic E-state index is 5.40. The molecular formula is C17H21N7O. The summed E-state index contributed by atoms with van der Waals surface area (Å²) in [5.41, 5.74) is 2.84. The molecule has 1 saturated heterocycles. The van der Waals surface area contributed by atoms with E-state index in [1.807, 2.05) is 12.1 Å². The summed E-state index contributed by atoms with van der Waals surface area (Å²) in [7, 11) is 0. The van der Waals surface area contributed by atoms with Gasteiger partial charge in [-0.05, 0) is 37.6 Å². The lowest BCUT2D eigenvalue weighted by Crippen LogP contribution is -2.36. The molecule has 3 aromatic rings. The SMILES string of the molecule is c1cnc(Nc2c(CCCN3CCOCC3)nn3ncccc23)nc1. The van der Waals surface area contributed by atoms with Crippen molar-refractivity contribution in [1.29, 1.82) is 0 Å². The standard InChI is InChI=1S/C17H21N7O/c1-5-15-16(21-17-18-6-3-7-19-17)14(22-24(15)20-8-1)4-2-9-23-10-12-25-13-11-23/h1,3,5-8H,2,4,9-13H2,(H,18,19,21). The highest BCUT2D eigenvalue weighted by molar-refractivity contribution is 5.77. The molecule has 0 bridgehead atoms. The van der Waals surface area contributed by atoms with Gasteiger partial charge in [-0.25, -0.2) is 9.97 Å². The van der Waals surface area contributed by atoms with Gasteiger partial charge in [0.1, 0.15) is 5.52 Å². The molecule has 1 N–H and O–H groups in total. The Bertz CT molecular complexity index is 814. The Morgan fingerprint density at radius 3 is 2.76 bits per heavy atom. The minimum absolute atomic E-state index is 0.565. The second-order valence-corrected chi connectivity index (χ2v) is 5.97. The van der Waals surface area contributed by atoms with Gasteiger partial charge in [-0.15, -0.1) is 4.63 Å². The highest BCUT2D eigenvalue weighted by Crippen LogP contribution is 2.25. The van der Waals surface area contributed by atoms with Crippen LogP contribution in [0.15, 0.2) is 36.8 Å². The zero-order valence-electron chi connectivity index (χ0n) is 14.0. The fourth-order valence-corrected chi connectivity index (χ4v) is 3.02. The van der Waals surface area contributed by atoms with Crippen LogP contribution < -0.4 is 5.32 Å². The smallest absolute Gasteiger partial charge is 0.227 e. The third-order valence-corrected chi connectivity index (χ3v) is 4.29. The number of rotatable bonds is 6. The van der Waals surface area contributed by atoms with Gasteiger partial charge in [-0.2, -0.15) is 10.2 Å². The average molecular weight is 339 g/mol. The van der Waals surface area contributed by atoms with Crippen molar-refractivity contribution in [2.75, 3.05) is 38.2 Å². The number of nitrogens with zero attached hydrogens (tertiary/aromatic N) is 6. The van der Waals surface area contributed by atoms with Crippen LogP contribution in [0.5, 0.6) is 0 Å². The molecule has 4 rings (SSSR count). The highest BCUT2D eigenvalue weighted by atomic mass is 16.5. The first-order valence-electron chi connectivity index (χ1n) is 8.57. The van der Waals surface area contributed by atoms with E-state index in [0.29, 0.717) is 5.95 Å². The van der Waals surface area contributed by atoms with Gasteiger partial charge in [0.15, 0.2) is 0 Å². The van der Waals surface area contributed by atoms with E-state index in [1.54, 1.807) is 29.3 Å². The Kier molecular flexibility index (Phi) is 4.80. The van der Waals surface area contributed by atoms with E-state index >= 15 is 0 Å². The quantitative estimate of drug-likeness (QED) is 0.729. The summed E-state index contributed by atoms with van der Waals surface area (Å²) in [5, 5.41) is 12.2. The Labute approximate surface area is 145 Å². The summed E-state index contributed by atoms with van der Waals surface area (Å²) in [4.78, 5) is 10.9. The summed E-state index contributed by atoms with van der Waals surface area (Å²) in [6.07, 6.45) is 7.08. The molecule has 1 fully saturated rings. The molecule has 0 aromatic carbocycles. The third kappa shape index (κ3) is 3.75. The summed E-state index contributed by atoms with van der Waals surface area (Å²) >= 11 is 0. The minimum atomic E-state index is 0.565. The van der Waals surface area contributed by atoms with Crippen LogP contribution in [0, 0.1) is 0 Å². The number of aromatic nitrogens is 5. The molecule has 8 nitrogen and oxygen atoms in total. The maximum Gasteiger partial charge on any atom is 0.227 e. The van der Waals surface area contributed by atoms with Crippen molar-refractivity contribution in [1.82, 2.24) is 29.7 Å². The van der Waals surface area contributed by atoms with Gasteiger partial charge in [0.2, 0.25) is 5.95 Å². The third-order valence-electron chi connectivity index (χ3n) is 4.29. The summed E-state index contributed by atoms with van der Waals surface area (Å²) < 4.78 is 7.06. The second kappa shape index (κ2) is 7.54. The number of aryl methyl sites for hydroxylation is 1. The summed E-state index contributed by atoms with van der Waals surface area (Å²) in [6, 6.07) is 5.70. The number of morpholine rings is 1. The predicted molar refractivity (Wildman–Crippen MR) is 93.9 cm³/mol. The van der Waals surface area contributed by atoms with E-state index in [2.05, 4.69) is 30.4 Å². The molecule has 8 heteroatoms. The van der Waals surface area contributed by atoms with Crippen molar-refractivity contribution >= 4 is 17.2 Å². The Balaban J connectivity index is 1.51. The predicted octanol–water partition coefficient (Wildman–Crippen LogP) is 1.53. The summed E-state index contributed by atoms with van der Waals surface area (Å²) in [5.74, 6) is 0.565. The first-order chi connectivity index (χ1) is 12.4. The number of fused-ring (bicyclic) bond motifs is 1. The van der Waals surface area contributed by atoms with Crippen molar-refractivity contribution in [3.05, 3.63) is 42.5 Å². The van der Waals surface area contributed by atoms with Crippen molar-refractivity contribution in [3.8, 4) is 0 Å². The highest BCUT2D eigenvalue weighted by Gasteiger charge is 2.15. The molecule has 0 amide bonds. The zero-order valence-corrected chi connectivity index (χ0v) is 14.0. The molecule has 0 saturated carbocycles. The zero-order chi connectivity index (χ0) is 16.9. The van der Waals surface area contributed by atoms with Crippen molar-refractivity contribution in [3.63, 3.8) is 0 Å².